The number of aliphatic hydroxyl groups is 1. The topological polar surface area (TPSA) is 82.6 Å². The Balaban J connectivity index is 1.20. The van der Waals surface area contributed by atoms with Gasteiger partial charge in [0.1, 0.15) is 23.7 Å². The molecule has 0 bridgehead atoms. The van der Waals surface area contributed by atoms with E-state index in [0.717, 1.165) is 32.4 Å². The summed E-state index contributed by atoms with van der Waals surface area (Å²) in [6.45, 7) is 7.84. The maximum Gasteiger partial charge on any atom is 0.257 e. The van der Waals surface area contributed by atoms with Crippen molar-refractivity contribution in [3.63, 3.8) is 0 Å². The Morgan fingerprint density at radius 2 is 1.86 bits per heavy atom. The van der Waals surface area contributed by atoms with Crippen molar-refractivity contribution in [2.45, 2.75) is 58.0 Å². The van der Waals surface area contributed by atoms with Gasteiger partial charge in [-0.1, -0.05) is 24.3 Å². The first-order valence-electron chi connectivity index (χ1n) is 13.3. The van der Waals surface area contributed by atoms with Crippen molar-refractivity contribution in [2.24, 2.45) is 0 Å². The molecule has 2 atom stereocenters. The Kier molecular flexibility index (Phi) is 7.67. The van der Waals surface area contributed by atoms with E-state index < -0.39 is 6.10 Å². The summed E-state index contributed by atoms with van der Waals surface area (Å²) in [6, 6.07) is 13.8. The molecule has 8 nitrogen and oxygen atoms in total. The number of benzene rings is 2. The minimum absolute atomic E-state index is 0.0287. The van der Waals surface area contributed by atoms with E-state index in [2.05, 4.69) is 29.2 Å². The average Bonchev–Trinajstić information content (AvgIpc) is 2.99. The van der Waals surface area contributed by atoms with E-state index >= 15 is 0 Å². The number of piperidine rings is 1. The summed E-state index contributed by atoms with van der Waals surface area (Å²) < 4.78 is 12.3. The van der Waals surface area contributed by atoms with Gasteiger partial charge < -0.3 is 24.4 Å². The smallest absolute Gasteiger partial charge is 0.257 e. The van der Waals surface area contributed by atoms with Crippen LogP contribution in [0.5, 0.6) is 11.5 Å². The van der Waals surface area contributed by atoms with E-state index in [-0.39, 0.29) is 30.6 Å². The van der Waals surface area contributed by atoms with Crippen LogP contribution in [-0.4, -0.2) is 89.2 Å². The van der Waals surface area contributed by atoms with Gasteiger partial charge in [0.2, 0.25) is 5.91 Å². The minimum Gasteiger partial charge on any atom is -0.490 e. The highest BCUT2D eigenvalue weighted by Gasteiger charge is 2.30. The second kappa shape index (κ2) is 11.1. The van der Waals surface area contributed by atoms with Crippen LogP contribution >= 0.6 is 0 Å². The summed E-state index contributed by atoms with van der Waals surface area (Å²) in [5, 5.41) is 10.9. The van der Waals surface area contributed by atoms with E-state index in [0.29, 0.717) is 43.2 Å². The third-order valence-electron chi connectivity index (χ3n) is 7.58. The normalized spacial score (nSPS) is 21.5. The summed E-state index contributed by atoms with van der Waals surface area (Å²) in [6.07, 6.45) is 1.70. The quantitative estimate of drug-likeness (QED) is 0.648. The van der Waals surface area contributed by atoms with E-state index in [4.69, 9.17) is 9.47 Å². The van der Waals surface area contributed by atoms with E-state index in [1.165, 1.54) is 11.1 Å². The summed E-state index contributed by atoms with van der Waals surface area (Å²) >= 11 is 0. The average molecular weight is 508 g/mol. The largest absolute Gasteiger partial charge is 0.490 e. The number of carbonyl (C=O) groups is 2. The molecule has 1 fully saturated rings. The Morgan fingerprint density at radius 3 is 2.62 bits per heavy atom. The van der Waals surface area contributed by atoms with Crippen molar-refractivity contribution in [3.8, 4) is 11.5 Å². The Morgan fingerprint density at radius 1 is 1.11 bits per heavy atom. The Bertz CT molecular complexity index is 1130. The lowest BCUT2D eigenvalue weighted by atomic mass is 10.00. The summed E-state index contributed by atoms with van der Waals surface area (Å²) in [5.41, 5.74) is 3.18. The third-order valence-corrected chi connectivity index (χ3v) is 7.58. The zero-order valence-electron chi connectivity index (χ0n) is 21.8. The third kappa shape index (κ3) is 6.08. The lowest BCUT2D eigenvalue weighted by Crippen LogP contribution is -2.45. The first-order valence-corrected chi connectivity index (χ1v) is 13.3. The SMILES string of the molecule is CC(=O)N1CCC(Oc2ccc3c(c2)OC(C)CN(CC(O)CN2CCc4ccccc4C2)C3=O)CC1. The fraction of sp³-hybridized carbons (Fsp3) is 0.517. The van der Waals surface area contributed by atoms with Crippen molar-refractivity contribution < 1.29 is 24.2 Å². The maximum atomic E-state index is 13.4. The van der Waals surface area contributed by atoms with Gasteiger partial charge in [-0.05, 0) is 36.6 Å². The number of hydrogen-bond donors (Lipinski definition) is 1. The van der Waals surface area contributed by atoms with Crippen molar-refractivity contribution in [2.75, 3.05) is 39.3 Å². The number of β-amino-alcohol motifs (C(OH)–C–C–N with tert-alkyl or cyclic N) is 1. The first kappa shape index (κ1) is 25.5. The molecule has 3 aliphatic rings. The number of rotatable bonds is 6. The number of carbonyl (C=O) groups excluding carboxylic acids is 2. The molecule has 2 aromatic rings. The van der Waals surface area contributed by atoms with Crippen LogP contribution in [0.4, 0.5) is 0 Å². The Labute approximate surface area is 218 Å². The minimum atomic E-state index is -0.647. The van der Waals surface area contributed by atoms with Crippen molar-refractivity contribution >= 4 is 11.8 Å². The van der Waals surface area contributed by atoms with Gasteiger partial charge in [0.25, 0.3) is 5.91 Å². The number of aliphatic hydroxyl groups excluding tert-OH is 1. The molecule has 3 heterocycles. The zero-order chi connectivity index (χ0) is 25.9. The van der Waals surface area contributed by atoms with Gasteiger partial charge >= 0.3 is 0 Å². The van der Waals surface area contributed by atoms with Crippen LogP contribution in [0.15, 0.2) is 42.5 Å². The molecule has 37 heavy (non-hydrogen) atoms. The van der Waals surface area contributed by atoms with Crippen molar-refractivity contribution in [3.05, 3.63) is 59.2 Å². The fourth-order valence-corrected chi connectivity index (χ4v) is 5.63. The molecule has 1 saturated heterocycles. The van der Waals surface area contributed by atoms with E-state index in [1.54, 1.807) is 24.0 Å². The molecule has 0 aliphatic carbocycles. The molecular formula is C29H37N3O5. The van der Waals surface area contributed by atoms with Gasteiger partial charge in [-0.25, -0.2) is 0 Å². The molecule has 8 heteroatoms. The number of fused-ring (bicyclic) bond motifs is 2. The summed E-state index contributed by atoms with van der Waals surface area (Å²) in [5.74, 6) is 1.14. The molecule has 0 spiro atoms. The van der Waals surface area contributed by atoms with Crippen LogP contribution in [0.25, 0.3) is 0 Å². The molecule has 1 N–H and O–H groups in total. The first-order chi connectivity index (χ1) is 17.9. The van der Waals surface area contributed by atoms with Crippen molar-refractivity contribution in [1.29, 1.82) is 0 Å². The predicted octanol–water partition coefficient (Wildman–Crippen LogP) is 2.72. The number of hydrogen-bond acceptors (Lipinski definition) is 6. The second-order valence-electron chi connectivity index (χ2n) is 10.5. The van der Waals surface area contributed by atoms with Gasteiger partial charge in [0.15, 0.2) is 0 Å². The molecule has 0 saturated carbocycles. The lowest BCUT2D eigenvalue weighted by molar-refractivity contribution is -0.130. The molecule has 5 rings (SSSR count). The number of ether oxygens (including phenoxy) is 2. The van der Waals surface area contributed by atoms with Gasteiger partial charge in [-0.15, -0.1) is 0 Å². The lowest BCUT2D eigenvalue weighted by Gasteiger charge is -2.32. The molecule has 0 aromatic heterocycles. The highest BCUT2D eigenvalue weighted by Crippen LogP contribution is 2.31. The fourth-order valence-electron chi connectivity index (χ4n) is 5.63. The Hall–Kier alpha value is -3.10. The molecule has 3 aliphatic heterocycles. The van der Waals surface area contributed by atoms with E-state index in [9.17, 15) is 14.7 Å². The van der Waals surface area contributed by atoms with Crippen molar-refractivity contribution in [1.82, 2.24) is 14.7 Å². The molecule has 2 amide bonds. The van der Waals surface area contributed by atoms with Crippen LogP contribution in [0.3, 0.4) is 0 Å². The number of likely N-dealkylation sites (tertiary alicyclic amines) is 1. The zero-order valence-corrected chi connectivity index (χ0v) is 21.8. The standard InChI is InChI=1S/C29H37N3O5/c1-20-16-32(19-24(34)18-30-12-9-22-5-3-4-6-23(22)17-30)29(35)27-8-7-26(15-28(27)36-20)37-25-10-13-31(14-11-25)21(2)33/h3-8,15,20,24-25,34H,9-14,16-19H2,1-2H3. The van der Waals surface area contributed by atoms with E-state index in [1.807, 2.05) is 17.9 Å². The van der Waals surface area contributed by atoms with Crippen LogP contribution in [-0.2, 0) is 17.8 Å². The van der Waals surface area contributed by atoms with Crippen LogP contribution < -0.4 is 9.47 Å². The number of nitrogens with zero attached hydrogens (tertiary/aromatic N) is 3. The monoisotopic (exact) mass is 507 g/mol. The number of amides is 2. The molecule has 0 radical (unpaired) electrons. The van der Waals surface area contributed by atoms with Crippen LogP contribution in [0.2, 0.25) is 0 Å². The summed E-state index contributed by atoms with van der Waals surface area (Å²) in [4.78, 5) is 30.8. The van der Waals surface area contributed by atoms with Crippen LogP contribution in [0, 0.1) is 0 Å². The maximum absolute atomic E-state index is 13.4. The molecule has 2 aromatic carbocycles. The van der Waals surface area contributed by atoms with Gasteiger partial charge in [-0.2, -0.15) is 0 Å². The van der Waals surface area contributed by atoms with Crippen LogP contribution in [0.1, 0.15) is 48.2 Å². The molecule has 198 valence electrons. The summed E-state index contributed by atoms with van der Waals surface area (Å²) in [7, 11) is 0. The highest BCUT2D eigenvalue weighted by atomic mass is 16.5. The highest BCUT2D eigenvalue weighted by molar-refractivity contribution is 5.97. The molecule has 2 unspecified atom stereocenters. The van der Waals surface area contributed by atoms with Gasteiger partial charge in [0, 0.05) is 65.1 Å². The van der Waals surface area contributed by atoms with Gasteiger partial charge in [-0.3, -0.25) is 14.5 Å². The van der Waals surface area contributed by atoms with Gasteiger partial charge in [0.05, 0.1) is 18.2 Å². The predicted molar refractivity (Wildman–Crippen MR) is 140 cm³/mol. The second-order valence-corrected chi connectivity index (χ2v) is 10.5. The molecular weight excluding hydrogens is 470 g/mol.